The zero-order chi connectivity index (χ0) is 17.0. The lowest BCUT2D eigenvalue weighted by Crippen LogP contribution is -2.44. The topological polar surface area (TPSA) is 59.5 Å². The maximum atomic E-state index is 6.68. The summed E-state index contributed by atoms with van der Waals surface area (Å²) in [7, 11) is 0. The van der Waals surface area contributed by atoms with Crippen molar-refractivity contribution in [2.75, 3.05) is 18.0 Å². The molecule has 3 heterocycles. The average molecular weight is 398 g/mol. The predicted octanol–water partition coefficient (Wildman–Crippen LogP) is 3.33. The third kappa shape index (κ3) is 2.24. The zero-order valence-corrected chi connectivity index (χ0v) is 15.5. The number of hydrogen-bond acceptors (Lipinski definition) is 4. The summed E-state index contributed by atoms with van der Waals surface area (Å²) in [6.07, 6.45) is 6.95. The van der Waals surface area contributed by atoms with E-state index in [1.807, 2.05) is 23.0 Å². The second-order valence-electron chi connectivity index (χ2n) is 7.24. The summed E-state index contributed by atoms with van der Waals surface area (Å²) in [5.41, 5.74) is 10.7. The summed E-state index contributed by atoms with van der Waals surface area (Å²) in [5.74, 6) is 1.01. The van der Waals surface area contributed by atoms with Crippen molar-refractivity contribution in [2.45, 2.75) is 25.3 Å². The normalized spacial score (nSPS) is 21.8. The quantitative estimate of drug-likeness (QED) is 0.683. The standard InChI is InChI=1S/C19H20BrN5/c20-16-12-22-18(15-5-8-23-25(15)16)24-9-6-19(7-10-24)11-13-3-1-2-4-14(13)17(19)21/h1-5,8,12,17H,6-7,9-11,21H2/t17-/m1/s1. The lowest BCUT2D eigenvalue weighted by molar-refractivity contribution is 0.187. The monoisotopic (exact) mass is 397 g/mol. The fraction of sp³-hybridized carbons (Fsp3) is 0.368. The molecule has 1 aromatic carbocycles. The van der Waals surface area contributed by atoms with Gasteiger partial charge < -0.3 is 10.6 Å². The van der Waals surface area contributed by atoms with Gasteiger partial charge in [-0.3, -0.25) is 0 Å². The summed E-state index contributed by atoms with van der Waals surface area (Å²) in [6.45, 7) is 1.97. The zero-order valence-electron chi connectivity index (χ0n) is 13.9. The van der Waals surface area contributed by atoms with Crippen LogP contribution in [-0.2, 0) is 6.42 Å². The van der Waals surface area contributed by atoms with Gasteiger partial charge in [0, 0.05) is 19.1 Å². The van der Waals surface area contributed by atoms with E-state index in [4.69, 9.17) is 5.73 Å². The SMILES string of the molecule is N[C@@H]1c2ccccc2CC12CCN(c1ncc(Br)n3nccc13)CC2. The molecule has 6 heteroatoms. The van der Waals surface area contributed by atoms with Crippen LogP contribution in [0.4, 0.5) is 5.82 Å². The molecule has 2 aromatic heterocycles. The van der Waals surface area contributed by atoms with Crippen LogP contribution in [0.1, 0.15) is 30.0 Å². The van der Waals surface area contributed by atoms with Gasteiger partial charge in [-0.2, -0.15) is 5.10 Å². The first-order valence-corrected chi connectivity index (χ1v) is 9.54. The maximum Gasteiger partial charge on any atom is 0.154 e. The van der Waals surface area contributed by atoms with E-state index >= 15 is 0 Å². The van der Waals surface area contributed by atoms with Crippen LogP contribution in [0.15, 0.2) is 47.3 Å². The minimum absolute atomic E-state index is 0.152. The fourth-order valence-electron chi connectivity index (χ4n) is 4.59. The van der Waals surface area contributed by atoms with Crippen LogP contribution in [0.2, 0.25) is 0 Å². The van der Waals surface area contributed by atoms with Crippen molar-refractivity contribution in [2.24, 2.45) is 11.1 Å². The first-order chi connectivity index (χ1) is 12.2. The highest BCUT2D eigenvalue weighted by molar-refractivity contribution is 9.10. The Morgan fingerprint density at radius 3 is 2.76 bits per heavy atom. The molecule has 2 aliphatic rings. The molecule has 1 fully saturated rings. The van der Waals surface area contributed by atoms with Crippen molar-refractivity contribution in [3.05, 3.63) is 58.5 Å². The van der Waals surface area contributed by atoms with Crippen molar-refractivity contribution in [1.29, 1.82) is 0 Å². The first-order valence-electron chi connectivity index (χ1n) is 8.75. The molecule has 1 aliphatic carbocycles. The Bertz CT molecular complexity index is 942. The molecular formula is C19H20BrN5. The molecule has 0 saturated carbocycles. The van der Waals surface area contributed by atoms with E-state index in [1.54, 1.807) is 0 Å². The molecule has 2 N–H and O–H groups in total. The Morgan fingerprint density at radius 2 is 1.96 bits per heavy atom. The van der Waals surface area contributed by atoms with E-state index in [9.17, 15) is 0 Å². The number of rotatable bonds is 1. The summed E-state index contributed by atoms with van der Waals surface area (Å²) in [4.78, 5) is 7.04. The summed E-state index contributed by atoms with van der Waals surface area (Å²) >= 11 is 3.51. The van der Waals surface area contributed by atoms with E-state index in [2.05, 4.69) is 55.2 Å². The van der Waals surface area contributed by atoms with Crippen LogP contribution in [-0.4, -0.2) is 27.7 Å². The van der Waals surface area contributed by atoms with E-state index < -0.39 is 0 Å². The molecule has 1 aliphatic heterocycles. The molecule has 5 rings (SSSR count). The number of benzene rings is 1. The van der Waals surface area contributed by atoms with Crippen LogP contribution in [0.5, 0.6) is 0 Å². The molecular weight excluding hydrogens is 378 g/mol. The minimum atomic E-state index is 0.152. The molecule has 1 spiro atoms. The fourth-order valence-corrected chi connectivity index (χ4v) is 4.98. The van der Waals surface area contributed by atoms with Crippen LogP contribution in [0, 0.1) is 5.41 Å². The average Bonchev–Trinajstić information content (AvgIpc) is 3.22. The molecule has 5 nitrogen and oxygen atoms in total. The lowest BCUT2D eigenvalue weighted by Gasteiger charge is -2.42. The molecule has 1 saturated heterocycles. The van der Waals surface area contributed by atoms with Gasteiger partial charge in [-0.1, -0.05) is 24.3 Å². The number of aromatic nitrogens is 3. The van der Waals surface area contributed by atoms with Crippen molar-refractivity contribution >= 4 is 27.3 Å². The van der Waals surface area contributed by atoms with Gasteiger partial charge in [-0.15, -0.1) is 0 Å². The number of piperidine rings is 1. The summed E-state index contributed by atoms with van der Waals surface area (Å²) in [5, 5.41) is 4.37. The van der Waals surface area contributed by atoms with Gasteiger partial charge in [-0.05, 0) is 57.8 Å². The van der Waals surface area contributed by atoms with Gasteiger partial charge >= 0.3 is 0 Å². The molecule has 128 valence electrons. The molecule has 0 bridgehead atoms. The van der Waals surface area contributed by atoms with E-state index in [1.165, 1.54) is 11.1 Å². The highest BCUT2D eigenvalue weighted by Crippen LogP contribution is 2.51. The van der Waals surface area contributed by atoms with Crippen molar-refractivity contribution in [3.8, 4) is 0 Å². The van der Waals surface area contributed by atoms with Crippen LogP contribution in [0.25, 0.3) is 5.52 Å². The largest absolute Gasteiger partial charge is 0.355 e. The minimum Gasteiger partial charge on any atom is -0.355 e. The van der Waals surface area contributed by atoms with Crippen LogP contribution >= 0.6 is 15.9 Å². The van der Waals surface area contributed by atoms with E-state index in [-0.39, 0.29) is 11.5 Å². The molecule has 25 heavy (non-hydrogen) atoms. The van der Waals surface area contributed by atoms with E-state index in [0.29, 0.717) is 0 Å². The Hall–Kier alpha value is -1.92. The molecule has 0 radical (unpaired) electrons. The van der Waals surface area contributed by atoms with Gasteiger partial charge in [0.15, 0.2) is 5.82 Å². The third-order valence-electron chi connectivity index (χ3n) is 6.02. The third-order valence-corrected chi connectivity index (χ3v) is 6.56. The second-order valence-corrected chi connectivity index (χ2v) is 8.05. The number of hydrogen-bond donors (Lipinski definition) is 1. The van der Waals surface area contributed by atoms with Crippen molar-refractivity contribution < 1.29 is 0 Å². The molecule has 0 unspecified atom stereocenters. The number of anilines is 1. The van der Waals surface area contributed by atoms with Crippen LogP contribution < -0.4 is 10.6 Å². The van der Waals surface area contributed by atoms with Crippen LogP contribution in [0.3, 0.4) is 0 Å². The van der Waals surface area contributed by atoms with E-state index in [0.717, 1.165) is 48.3 Å². The number of nitrogens with two attached hydrogens (primary N) is 1. The lowest BCUT2D eigenvalue weighted by atomic mass is 9.73. The predicted molar refractivity (Wildman–Crippen MR) is 102 cm³/mol. The highest BCUT2D eigenvalue weighted by atomic mass is 79.9. The van der Waals surface area contributed by atoms with Gasteiger partial charge in [0.1, 0.15) is 10.1 Å². The summed E-state index contributed by atoms with van der Waals surface area (Å²) < 4.78 is 2.77. The van der Waals surface area contributed by atoms with Gasteiger partial charge in [0.05, 0.1) is 12.4 Å². The molecule has 0 amide bonds. The Balaban J connectivity index is 1.42. The first kappa shape index (κ1) is 15.3. The number of halogens is 1. The van der Waals surface area contributed by atoms with Crippen molar-refractivity contribution in [3.63, 3.8) is 0 Å². The second kappa shape index (κ2) is 5.54. The Labute approximate surface area is 155 Å². The molecule has 1 atom stereocenters. The molecule has 3 aromatic rings. The van der Waals surface area contributed by atoms with Crippen molar-refractivity contribution in [1.82, 2.24) is 14.6 Å². The van der Waals surface area contributed by atoms with Gasteiger partial charge in [-0.25, -0.2) is 9.50 Å². The Kier molecular flexibility index (Phi) is 3.40. The highest BCUT2D eigenvalue weighted by Gasteiger charge is 2.46. The smallest absolute Gasteiger partial charge is 0.154 e. The Morgan fingerprint density at radius 1 is 1.16 bits per heavy atom. The van der Waals surface area contributed by atoms with Gasteiger partial charge in [0.25, 0.3) is 0 Å². The summed E-state index contributed by atoms with van der Waals surface area (Å²) in [6, 6.07) is 10.8. The number of nitrogens with zero attached hydrogens (tertiary/aromatic N) is 4. The van der Waals surface area contributed by atoms with Gasteiger partial charge in [0.2, 0.25) is 0 Å². The number of fused-ring (bicyclic) bond motifs is 2. The maximum absolute atomic E-state index is 6.68.